The van der Waals surface area contributed by atoms with Crippen molar-refractivity contribution in [2.75, 3.05) is 33.4 Å². The zero-order chi connectivity index (χ0) is 17.0. The molecule has 1 N–H and O–H groups in total. The quantitative estimate of drug-likeness (QED) is 0.788. The molecule has 1 aromatic heterocycles. The molecule has 0 spiro atoms. The molecule has 126 valence electrons. The summed E-state index contributed by atoms with van der Waals surface area (Å²) in [7, 11) is 3.59. The molecule has 0 atom stereocenters. The van der Waals surface area contributed by atoms with E-state index in [-0.39, 0.29) is 5.97 Å². The van der Waals surface area contributed by atoms with Crippen molar-refractivity contribution in [3.63, 3.8) is 0 Å². The maximum absolute atomic E-state index is 12.6. The first kappa shape index (κ1) is 17.3. The van der Waals surface area contributed by atoms with Gasteiger partial charge in [0.1, 0.15) is 18.9 Å². The second-order valence-electron chi connectivity index (χ2n) is 5.75. The standard InChI is InChI=1S/C18H26N2O3/c1-6-20(7-2)10-11-23-18(21)17-13(3)19(4)16-9-8-14(22-5)12-15(16)17/h8-9,12H,6-7,10-11H2,1-5H3/p+1. The van der Waals surface area contributed by atoms with Crippen molar-refractivity contribution in [3.8, 4) is 5.75 Å². The molecular formula is C18H27N2O3+. The molecule has 0 amide bonds. The van der Waals surface area contributed by atoms with Crippen molar-refractivity contribution < 1.29 is 19.2 Å². The molecule has 0 radical (unpaired) electrons. The van der Waals surface area contributed by atoms with E-state index < -0.39 is 0 Å². The Kier molecular flexibility index (Phi) is 5.66. The van der Waals surface area contributed by atoms with Gasteiger partial charge in [-0.2, -0.15) is 0 Å². The topological polar surface area (TPSA) is 44.9 Å². The van der Waals surface area contributed by atoms with Gasteiger partial charge >= 0.3 is 5.97 Å². The maximum Gasteiger partial charge on any atom is 0.340 e. The molecule has 5 nitrogen and oxygen atoms in total. The van der Waals surface area contributed by atoms with Crippen molar-refractivity contribution in [3.05, 3.63) is 29.5 Å². The van der Waals surface area contributed by atoms with Crippen LogP contribution >= 0.6 is 0 Å². The third kappa shape index (κ3) is 3.50. The Bertz CT molecular complexity index is 687. The summed E-state index contributed by atoms with van der Waals surface area (Å²) < 4.78 is 12.8. The number of hydrogen-bond donors (Lipinski definition) is 1. The number of aryl methyl sites for hydroxylation is 1. The van der Waals surface area contributed by atoms with Gasteiger partial charge in [-0.3, -0.25) is 0 Å². The normalized spacial score (nSPS) is 11.2. The van der Waals surface area contributed by atoms with E-state index >= 15 is 0 Å². The molecule has 1 heterocycles. The summed E-state index contributed by atoms with van der Waals surface area (Å²) in [5.74, 6) is 0.484. The summed E-state index contributed by atoms with van der Waals surface area (Å²) >= 11 is 0. The van der Waals surface area contributed by atoms with E-state index in [1.807, 2.05) is 36.7 Å². The van der Waals surface area contributed by atoms with E-state index in [9.17, 15) is 4.79 Å². The molecule has 1 aromatic carbocycles. The summed E-state index contributed by atoms with van der Waals surface area (Å²) in [4.78, 5) is 14.0. The van der Waals surface area contributed by atoms with Crippen LogP contribution in [0.5, 0.6) is 5.75 Å². The lowest BCUT2D eigenvalue weighted by Crippen LogP contribution is -3.11. The summed E-state index contributed by atoms with van der Waals surface area (Å²) in [6.45, 7) is 9.58. The van der Waals surface area contributed by atoms with Gasteiger partial charge in [-0.1, -0.05) is 0 Å². The molecule has 0 saturated carbocycles. The number of methoxy groups -OCH3 is 1. The van der Waals surface area contributed by atoms with Crippen LogP contribution in [0.3, 0.4) is 0 Å². The molecule has 0 aliphatic rings. The highest BCUT2D eigenvalue weighted by Gasteiger charge is 2.20. The summed E-state index contributed by atoms with van der Waals surface area (Å²) in [5, 5.41) is 0.879. The SMILES string of the molecule is CC[NH+](CC)CCOC(=O)c1c(C)n(C)c2ccc(OC)cc12. The maximum atomic E-state index is 12.6. The van der Waals surface area contributed by atoms with Gasteiger partial charge < -0.3 is 18.9 Å². The highest BCUT2D eigenvalue weighted by atomic mass is 16.5. The summed E-state index contributed by atoms with van der Waals surface area (Å²) in [5.41, 5.74) is 2.55. The van der Waals surface area contributed by atoms with Crippen molar-refractivity contribution in [2.24, 2.45) is 7.05 Å². The average molecular weight is 319 g/mol. The molecule has 0 fully saturated rings. The Morgan fingerprint density at radius 3 is 2.57 bits per heavy atom. The van der Waals surface area contributed by atoms with Gasteiger partial charge in [0.25, 0.3) is 0 Å². The number of likely N-dealkylation sites (N-methyl/N-ethyl adjacent to an activating group) is 1. The zero-order valence-electron chi connectivity index (χ0n) is 14.7. The first-order valence-electron chi connectivity index (χ1n) is 8.17. The Balaban J connectivity index is 2.24. The number of benzene rings is 1. The minimum Gasteiger partial charge on any atom is -0.497 e. The third-order valence-electron chi connectivity index (χ3n) is 4.59. The van der Waals surface area contributed by atoms with E-state index in [4.69, 9.17) is 9.47 Å². The number of aromatic nitrogens is 1. The predicted octanol–water partition coefficient (Wildman–Crippen LogP) is 1.58. The van der Waals surface area contributed by atoms with Crippen LogP contribution in [0, 0.1) is 6.92 Å². The number of nitrogens with zero attached hydrogens (tertiary/aromatic N) is 1. The lowest BCUT2D eigenvalue weighted by molar-refractivity contribution is -0.896. The fraction of sp³-hybridized carbons (Fsp3) is 0.500. The van der Waals surface area contributed by atoms with Crippen molar-refractivity contribution in [1.29, 1.82) is 0 Å². The average Bonchev–Trinajstić information content (AvgIpc) is 2.82. The van der Waals surface area contributed by atoms with Crippen LogP contribution < -0.4 is 9.64 Å². The van der Waals surface area contributed by atoms with E-state index in [0.717, 1.165) is 42.0 Å². The third-order valence-corrected chi connectivity index (χ3v) is 4.59. The molecule has 2 rings (SSSR count). The van der Waals surface area contributed by atoms with Crippen molar-refractivity contribution in [1.82, 2.24) is 4.57 Å². The molecule has 5 heteroatoms. The number of quaternary nitrogens is 1. The lowest BCUT2D eigenvalue weighted by Gasteiger charge is -2.15. The van der Waals surface area contributed by atoms with E-state index in [2.05, 4.69) is 13.8 Å². The predicted molar refractivity (Wildman–Crippen MR) is 91.4 cm³/mol. The number of ether oxygens (including phenoxy) is 2. The monoisotopic (exact) mass is 319 g/mol. The lowest BCUT2D eigenvalue weighted by atomic mass is 10.1. The number of carbonyl (C=O) groups is 1. The van der Waals surface area contributed by atoms with Gasteiger partial charge in [0, 0.05) is 23.6 Å². The van der Waals surface area contributed by atoms with Crippen molar-refractivity contribution in [2.45, 2.75) is 20.8 Å². The van der Waals surface area contributed by atoms with Crippen LogP contribution in [0.1, 0.15) is 29.9 Å². The number of carbonyl (C=O) groups excluding carboxylic acids is 1. The van der Waals surface area contributed by atoms with Crippen LogP contribution in [-0.4, -0.2) is 43.9 Å². The number of esters is 1. The van der Waals surface area contributed by atoms with E-state index in [0.29, 0.717) is 12.2 Å². The van der Waals surface area contributed by atoms with E-state index in [1.165, 1.54) is 4.90 Å². The Morgan fingerprint density at radius 1 is 1.26 bits per heavy atom. The Morgan fingerprint density at radius 2 is 1.96 bits per heavy atom. The Labute approximate surface area is 137 Å². The first-order chi connectivity index (χ1) is 11.0. The number of rotatable bonds is 7. The summed E-state index contributed by atoms with van der Waals surface area (Å²) in [6, 6.07) is 5.77. The molecule has 23 heavy (non-hydrogen) atoms. The van der Waals surface area contributed by atoms with Gasteiger partial charge in [0.15, 0.2) is 0 Å². The smallest absolute Gasteiger partial charge is 0.340 e. The van der Waals surface area contributed by atoms with Crippen LogP contribution in [-0.2, 0) is 11.8 Å². The van der Waals surface area contributed by atoms with Crippen molar-refractivity contribution >= 4 is 16.9 Å². The first-order valence-corrected chi connectivity index (χ1v) is 8.17. The fourth-order valence-electron chi connectivity index (χ4n) is 2.90. The second kappa shape index (κ2) is 7.51. The zero-order valence-corrected chi connectivity index (χ0v) is 14.7. The molecule has 0 unspecified atom stereocenters. The molecule has 0 aliphatic heterocycles. The van der Waals surface area contributed by atoms with Gasteiger partial charge in [0.05, 0.1) is 25.8 Å². The van der Waals surface area contributed by atoms with Gasteiger partial charge in [-0.25, -0.2) is 4.79 Å². The largest absolute Gasteiger partial charge is 0.497 e. The highest BCUT2D eigenvalue weighted by Crippen LogP contribution is 2.29. The highest BCUT2D eigenvalue weighted by molar-refractivity contribution is 6.06. The van der Waals surface area contributed by atoms with E-state index in [1.54, 1.807) is 7.11 Å². The Hall–Kier alpha value is -2.01. The molecule has 0 aliphatic carbocycles. The molecular weight excluding hydrogens is 292 g/mol. The number of fused-ring (bicyclic) bond motifs is 1. The van der Waals surface area contributed by atoms with Crippen LogP contribution in [0.2, 0.25) is 0 Å². The van der Waals surface area contributed by atoms with Crippen LogP contribution in [0.4, 0.5) is 0 Å². The van der Waals surface area contributed by atoms with Crippen LogP contribution in [0.25, 0.3) is 10.9 Å². The number of nitrogens with one attached hydrogen (secondary N) is 1. The fourth-order valence-corrected chi connectivity index (χ4v) is 2.90. The summed E-state index contributed by atoms with van der Waals surface area (Å²) in [6.07, 6.45) is 0. The molecule has 2 aromatic rings. The van der Waals surface area contributed by atoms with Gasteiger partial charge in [0.2, 0.25) is 0 Å². The van der Waals surface area contributed by atoms with Gasteiger partial charge in [-0.15, -0.1) is 0 Å². The minimum absolute atomic E-state index is 0.257. The molecule has 0 saturated heterocycles. The molecule has 0 bridgehead atoms. The number of hydrogen-bond acceptors (Lipinski definition) is 3. The van der Waals surface area contributed by atoms with Crippen LogP contribution in [0.15, 0.2) is 18.2 Å². The minimum atomic E-state index is -0.257. The van der Waals surface area contributed by atoms with Gasteiger partial charge in [-0.05, 0) is 39.0 Å². The second-order valence-corrected chi connectivity index (χ2v) is 5.75.